The minimum absolute atomic E-state index is 0. The second-order valence-corrected chi connectivity index (χ2v) is 26.2. The number of carboxylic acids is 1. The van der Waals surface area contributed by atoms with Crippen molar-refractivity contribution in [3.8, 4) is 11.5 Å². The van der Waals surface area contributed by atoms with Gasteiger partial charge in [0.1, 0.15) is 11.5 Å². The third-order valence-electron chi connectivity index (χ3n) is 13.8. The van der Waals surface area contributed by atoms with E-state index in [0.717, 1.165) is 79.6 Å². The topological polar surface area (TPSA) is 157 Å². The van der Waals surface area contributed by atoms with Crippen molar-refractivity contribution >= 4 is 70.0 Å². The average Bonchev–Trinajstić information content (AvgIpc) is 4.03. The van der Waals surface area contributed by atoms with Gasteiger partial charge in [-0.2, -0.15) is 0 Å². The number of fused-ring (bicyclic) bond motifs is 4. The first-order chi connectivity index (χ1) is 35.5. The Hall–Kier alpha value is -5.14. The van der Waals surface area contributed by atoms with Crippen LogP contribution in [0.2, 0.25) is 0 Å². The van der Waals surface area contributed by atoms with Gasteiger partial charge in [0.15, 0.2) is 0 Å². The first kappa shape index (κ1) is 61.7. The number of alkyl halides is 6. The summed E-state index contributed by atoms with van der Waals surface area (Å²) in [5.74, 6) is -2.56. The number of para-hydroxylation sites is 2. The van der Waals surface area contributed by atoms with Crippen LogP contribution in [0.25, 0.3) is 0 Å². The summed E-state index contributed by atoms with van der Waals surface area (Å²) in [5, 5.41) is 18.3. The number of carbonyl (C=O) groups is 5. The first-order valence-electron chi connectivity index (χ1n) is 24.1. The molecular formula is C53H60Cl3F6N4O9Ru. The number of halogens is 9. The zero-order valence-electron chi connectivity index (χ0n) is 40.7. The summed E-state index contributed by atoms with van der Waals surface area (Å²) in [5.41, 5.74) is 3.56. The van der Waals surface area contributed by atoms with Gasteiger partial charge >= 0.3 is 60.7 Å². The number of ether oxygens (including phenoxy) is 2. The molecule has 0 spiro atoms. The number of aliphatic carboxylic acids is 1. The summed E-state index contributed by atoms with van der Waals surface area (Å²) in [4.78, 5) is 70.8. The van der Waals surface area contributed by atoms with E-state index in [1.807, 2.05) is 47.4 Å². The number of aliphatic hydroxyl groups is 1. The Morgan fingerprint density at radius 3 is 1.32 bits per heavy atom. The minimum atomic E-state index is -4.82. The van der Waals surface area contributed by atoms with Crippen molar-refractivity contribution in [2.75, 3.05) is 29.5 Å². The van der Waals surface area contributed by atoms with Crippen LogP contribution in [-0.2, 0) is 27.4 Å². The normalized spacial score (nSPS) is 20.3. The van der Waals surface area contributed by atoms with Crippen LogP contribution in [0.3, 0.4) is 0 Å². The fraction of sp³-hybridized carbons (Fsp3) is 0.453. The zero-order valence-corrected chi connectivity index (χ0v) is 44.7. The molecule has 0 bridgehead atoms. The van der Waals surface area contributed by atoms with Gasteiger partial charge in [-0.05, 0) is 117 Å². The Bertz CT molecular complexity index is 2620. The third kappa shape index (κ3) is 15.8. The Balaban J connectivity index is 0.000000259. The SMILES string of the molecule is C.CC(=O)N(CCCC(=O)O)C1c2ccccc2N(C(=O)c2ccc(OC(F)(F)F)cc2)C2CCCC12.CC(=O)N(CCCCO)C1c2ccccc2N(C(=O)c2ccc(OC(F)(F)F)cc2)C2CCCC12.[Cl][Ru]([Cl])[Cl]. The number of carbonyl (C=O) groups excluding carboxylic acids is 4. The van der Waals surface area contributed by atoms with Crippen molar-refractivity contribution in [2.24, 2.45) is 11.8 Å². The van der Waals surface area contributed by atoms with Gasteiger partial charge in [-0.15, -0.1) is 26.3 Å². The molecule has 2 saturated carbocycles. The van der Waals surface area contributed by atoms with Crippen LogP contribution >= 0.6 is 29.1 Å². The summed E-state index contributed by atoms with van der Waals surface area (Å²) in [7, 11) is 14.8. The quantitative estimate of drug-likeness (QED) is 0.0712. The second kappa shape index (κ2) is 27.4. The number of rotatable bonds is 14. The van der Waals surface area contributed by atoms with Gasteiger partial charge in [-0.1, -0.05) is 56.7 Å². The number of hydrogen-bond donors (Lipinski definition) is 2. The fourth-order valence-corrected chi connectivity index (χ4v) is 11.0. The van der Waals surface area contributed by atoms with Gasteiger partial charge < -0.3 is 39.3 Å². The summed E-state index contributed by atoms with van der Waals surface area (Å²) in [6.45, 7) is 3.89. The van der Waals surface area contributed by atoms with E-state index in [1.54, 1.807) is 27.7 Å². The molecule has 23 heteroatoms. The van der Waals surface area contributed by atoms with Crippen molar-refractivity contribution < 1.29 is 83.0 Å². The number of anilines is 2. The standard InChI is InChI=1S/C26H27F3N2O5.C26H29F3N2O4.CH4.3ClH.Ru/c1-16(32)30(15-5-10-23(33)34)24-19-6-2-3-8-21(19)31(22-9-4-7-20(22)24)25(35)17-11-13-18(14-12-17)36-26(27,28)29;1-17(33)30(15-4-5-16-32)24-20-7-2-3-9-22(20)31(23-10-6-8-21(23)24)25(34)18-11-13-19(14-12-18)35-26(27,28)29;;;;;/h2-3,6,8,11-14,20,22,24H,4-5,7,9-10,15H2,1H3,(H,33,34);2-3,7,9,11-14,21,23-24,32H,4-6,8,10,15-16H2,1H3;1H4;3*1H;/q;;;;;;+3/p-3. The Kier molecular flexibility index (Phi) is 22.3. The van der Waals surface area contributed by atoms with Crippen LogP contribution < -0.4 is 19.3 Å². The molecule has 6 unspecified atom stereocenters. The van der Waals surface area contributed by atoms with Gasteiger partial charge in [0.05, 0.1) is 12.1 Å². The van der Waals surface area contributed by atoms with Gasteiger partial charge in [-0.3, -0.25) is 24.0 Å². The van der Waals surface area contributed by atoms with Crippen LogP contribution in [0, 0.1) is 11.8 Å². The Labute approximate surface area is 455 Å². The van der Waals surface area contributed by atoms with Crippen LogP contribution in [0.4, 0.5) is 37.7 Å². The molecule has 8 rings (SSSR count). The molecule has 417 valence electrons. The number of hydrogen-bond acceptors (Lipinski definition) is 8. The molecule has 2 fully saturated rings. The molecule has 2 aliphatic heterocycles. The third-order valence-corrected chi connectivity index (χ3v) is 13.8. The predicted molar refractivity (Wildman–Crippen MR) is 273 cm³/mol. The van der Waals surface area contributed by atoms with E-state index in [9.17, 15) is 55.4 Å². The van der Waals surface area contributed by atoms with Crippen LogP contribution in [-0.4, -0.2) is 94.1 Å². The number of nitrogens with zero attached hydrogens (tertiary/aromatic N) is 4. The molecule has 4 aromatic carbocycles. The van der Waals surface area contributed by atoms with Gasteiger partial charge in [0.25, 0.3) is 11.8 Å². The number of benzene rings is 4. The van der Waals surface area contributed by atoms with E-state index < -0.39 is 37.4 Å². The molecule has 0 aromatic heterocycles. The monoisotopic (exact) mass is 1220 g/mol. The van der Waals surface area contributed by atoms with Crippen molar-refractivity contribution in [1.29, 1.82) is 0 Å². The summed E-state index contributed by atoms with van der Waals surface area (Å²) >= 11 is -1.75. The van der Waals surface area contributed by atoms with Crippen LogP contribution in [0.1, 0.15) is 129 Å². The maximum atomic E-state index is 13.7. The summed E-state index contributed by atoms with van der Waals surface area (Å²) in [6, 6.07) is 23.9. The van der Waals surface area contributed by atoms with Crippen molar-refractivity contribution in [3.05, 3.63) is 119 Å². The van der Waals surface area contributed by atoms with E-state index in [1.165, 1.54) is 31.2 Å². The zero-order chi connectivity index (χ0) is 54.8. The van der Waals surface area contributed by atoms with E-state index in [2.05, 4.69) is 9.47 Å². The average molecular weight is 1220 g/mol. The van der Waals surface area contributed by atoms with Crippen LogP contribution in [0.15, 0.2) is 97.1 Å². The molecule has 2 aliphatic carbocycles. The van der Waals surface area contributed by atoms with Gasteiger partial charge in [0.2, 0.25) is 11.8 Å². The molecule has 2 N–H and O–H groups in total. The fourth-order valence-electron chi connectivity index (χ4n) is 11.0. The molecule has 6 atom stereocenters. The molecule has 76 heavy (non-hydrogen) atoms. The molecule has 0 radical (unpaired) electrons. The summed E-state index contributed by atoms with van der Waals surface area (Å²) in [6.07, 6.45) is -3.18. The predicted octanol–water partition coefficient (Wildman–Crippen LogP) is 12.9. The molecule has 4 amide bonds. The van der Waals surface area contributed by atoms with Crippen molar-refractivity contribution in [1.82, 2.24) is 9.80 Å². The van der Waals surface area contributed by atoms with Gasteiger partial charge in [-0.25, -0.2) is 0 Å². The second-order valence-electron chi connectivity index (χ2n) is 18.3. The molecule has 2 heterocycles. The molecular weight excluding hydrogens is 1160 g/mol. The molecule has 4 aromatic rings. The van der Waals surface area contributed by atoms with Crippen molar-refractivity contribution in [2.45, 2.75) is 122 Å². The first-order valence-corrected chi connectivity index (χ1v) is 30.8. The number of aliphatic hydroxyl groups excluding tert-OH is 1. The van der Waals surface area contributed by atoms with E-state index in [0.29, 0.717) is 38.0 Å². The number of unbranched alkanes of at least 4 members (excludes halogenated alkanes) is 1. The molecule has 4 aliphatic rings. The van der Waals surface area contributed by atoms with E-state index in [4.69, 9.17) is 34.2 Å². The van der Waals surface area contributed by atoms with Crippen molar-refractivity contribution in [3.63, 3.8) is 0 Å². The van der Waals surface area contributed by atoms with E-state index >= 15 is 0 Å². The number of amides is 4. The van der Waals surface area contributed by atoms with E-state index in [-0.39, 0.29) is 97.0 Å². The van der Waals surface area contributed by atoms with Crippen LogP contribution in [0.5, 0.6) is 11.5 Å². The molecule has 13 nitrogen and oxygen atoms in total. The Morgan fingerprint density at radius 2 is 0.974 bits per heavy atom. The Morgan fingerprint density at radius 1 is 0.605 bits per heavy atom. The van der Waals surface area contributed by atoms with Gasteiger partial charge in [0, 0.05) is 86.4 Å². The molecule has 0 saturated heterocycles. The number of carboxylic acid groups (broad SMARTS) is 1. The maximum absolute atomic E-state index is 13.7. The summed E-state index contributed by atoms with van der Waals surface area (Å²) < 4.78 is 83.0.